The van der Waals surface area contributed by atoms with Gasteiger partial charge in [0.05, 0.1) is 17.9 Å². The summed E-state index contributed by atoms with van der Waals surface area (Å²) in [6.07, 6.45) is 1.34. The molecule has 1 aliphatic rings. The van der Waals surface area contributed by atoms with Crippen LogP contribution in [0.3, 0.4) is 0 Å². The molecule has 0 aliphatic carbocycles. The average molecular weight is 286 g/mol. The van der Waals surface area contributed by atoms with Crippen molar-refractivity contribution in [2.45, 2.75) is 19.4 Å². The first-order valence-electron chi connectivity index (χ1n) is 6.64. The molecule has 0 N–H and O–H groups in total. The second kappa shape index (κ2) is 5.40. The van der Waals surface area contributed by atoms with Gasteiger partial charge in [-0.3, -0.25) is 0 Å². The van der Waals surface area contributed by atoms with E-state index in [-0.39, 0.29) is 0 Å². The maximum absolute atomic E-state index is 12.0. The largest absolute Gasteiger partial charge is 0.463 e. The van der Waals surface area contributed by atoms with E-state index in [9.17, 15) is 9.59 Å². The van der Waals surface area contributed by atoms with E-state index in [4.69, 9.17) is 9.47 Å². The van der Waals surface area contributed by atoms with Gasteiger partial charge in [-0.25, -0.2) is 14.3 Å². The molecule has 6 nitrogen and oxygen atoms in total. The molecule has 1 aromatic heterocycles. The van der Waals surface area contributed by atoms with Crippen LogP contribution in [-0.4, -0.2) is 34.4 Å². The van der Waals surface area contributed by atoms with Crippen molar-refractivity contribution in [1.29, 1.82) is 0 Å². The molecule has 2 aromatic rings. The SMILES string of the molecule is Cc1ccnn1-c1ccc(C(=O)O[C@H]2CCOC2=O)cc1. The highest BCUT2D eigenvalue weighted by atomic mass is 16.6. The van der Waals surface area contributed by atoms with E-state index in [1.165, 1.54) is 0 Å². The normalized spacial score (nSPS) is 17.6. The van der Waals surface area contributed by atoms with Crippen LogP contribution in [0.2, 0.25) is 0 Å². The first-order chi connectivity index (χ1) is 10.1. The second-order valence-electron chi connectivity index (χ2n) is 4.78. The number of carbonyl (C=O) groups excluding carboxylic acids is 2. The van der Waals surface area contributed by atoms with E-state index >= 15 is 0 Å². The van der Waals surface area contributed by atoms with Crippen LogP contribution in [-0.2, 0) is 14.3 Å². The highest BCUT2D eigenvalue weighted by molar-refractivity contribution is 5.91. The second-order valence-corrected chi connectivity index (χ2v) is 4.78. The topological polar surface area (TPSA) is 70.4 Å². The predicted octanol–water partition coefficient (Wildman–Crippen LogP) is 1.65. The fourth-order valence-electron chi connectivity index (χ4n) is 2.16. The monoisotopic (exact) mass is 286 g/mol. The van der Waals surface area contributed by atoms with E-state index < -0.39 is 18.0 Å². The van der Waals surface area contributed by atoms with Gasteiger partial charge in [-0.2, -0.15) is 5.10 Å². The third kappa shape index (κ3) is 2.65. The molecule has 6 heteroatoms. The van der Waals surface area contributed by atoms with Gasteiger partial charge in [-0.1, -0.05) is 0 Å². The fourth-order valence-corrected chi connectivity index (χ4v) is 2.16. The Bertz CT molecular complexity index is 675. The van der Waals surface area contributed by atoms with Gasteiger partial charge in [0.2, 0.25) is 6.10 Å². The molecule has 3 rings (SSSR count). The van der Waals surface area contributed by atoms with Crippen molar-refractivity contribution in [1.82, 2.24) is 9.78 Å². The third-order valence-corrected chi connectivity index (χ3v) is 3.32. The van der Waals surface area contributed by atoms with Crippen LogP contribution in [0.15, 0.2) is 36.5 Å². The van der Waals surface area contributed by atoms with Gasteiger partial charge >= 0.3 is 11.9 Å². The van der Waals surface area contributed by atoms with Gasteiger partial charge in [0, 0.05) is 18.3 Å². The lowest BCUT2D eigenvalue weighted by atomic mass is 10.2. The summed E-state index contributed by atoms with van der Waals surface area (Å²) in [6, 6.07) is 8.76. The molecular formula is C15H14N2O4. The number of hydrogen-bond donors (Lipinski definition) is 0. The Morgan fingerprint density at radius 2 is 2.10 bits per heavy atom. The third-order valence-electron chi connectivity index (χ3n) is 3.32. The standard InChI is InChI=1S/C15H14N2O4/c1-10-6-8-16-17(10)12-4-2-11(3-5-12)14(18)21-13-7-9-20-15(13)19/h2-6,8,13H,7,9H2,1H3/t13-/m0/s1. The molecule has 1 aromatic carbocycles. The van der Waals surface area contributed by atoms with Gasteiger partial charge in [-0.05, 0) is 37.3 Å². The molecule has 0 unspecified atom stereocenters. The number of aromatic nitrogens is 2. The number of carbonyl (C=O) groups is 2. The van der Waals surface area contributed by atoms with Gasteiger partial charge < -0.3 is 9.47 Å². The number of rotatable bonds is 3. The number of ether oxygens (including phenoxy) is 2. The zero-order valence-electron chi connectivity index (χ0n) is 11.5. The highest BCUT2D eigenvalue weighted by Crippen LogP contribution is 2.15. The molecule has 1 fully saturated rings. The summed E-state index contributed by atoms with van der Waals surface area (Å²) in [4.78, 5) is 23.2. The molecule has 0 spiro atoms. The van der Waals surface area contributed by atoms with Crippen LogP contribution in [0.4, 0.5) is 0 Å². The predicted molar refractivity (Wildman–Crippen MR) is 73.1 cm³/mol. The van der Waals surface area contributed by atoms with Crippen LogP contribution in [0.25, 0.3) is 5.69 Å². The molecule has 108 valence electrons. The molecule has 1 atom stereocenters. The first kappa shape index (κ1) is 13.4. The Morgan fingerprint density at radius 3 is 2.67 bits per heavy atom. The number of nitrogens with zero attached hydrogens (tertiary/aromatic N) is 2. The van der Waals surface area contributed by atoms with E-state index in [1.54, 1.807) is 35.1 Å². The van der Waals surface area contributed by atoms with E-state index in [0.717, 1.165) is 11.4 Å². The molecular weight excluding hydrogens is 272 g/mol. The maximum atomic E-state index is 12.0. The summed E-state index contributed by atoms with van der Waals surface area (Å²) in [5.41, 5.74) is 2.25. The summed E-state index contributed by atoms with van der Waals surface area (Å²) in [5.74, 6) is -1.00. The van der Waals surface area contributed by atoms with Crippen LogP contribution in [0, 0.1) is 6.92 Å². The minimum atomic E-state index is -0.787. The number of aryl methyl sites for hydroxylation is 1. The van der Waals surface area contributed by atoms with Crippen LogP contribution >= 0.6 is 0 Å². The van der Waals surface area contributed by atoms with E-state index in [1.807, 2.05) is 13.0 Å². The fraction of sp³-hybridized carbons (Fsp3) is 0.267. The lowest BCUT2D eigenvalue weighted by Crippen LogP contribution is -2.22. The van der Waals surface area contributed by atoms with Gasteiger partial charge in [0.25, 0.3) is 0 Å². The minimum absolute atomic E-state index is 0.300. The Kier molecular flexibility index (Phi) is 3.43. The first-order valence-corrected chi connectivity index (χ1v) is 6.64. The maximum Gasteiger partial charge on any atom is 0.347 e. The van der Waals surface area contributed by atoms with Crippen LogP contribution < -0.4 is 0 Å². The summed E-state index contributed by atoms with van der Waals surface area (Å²) in [5, 5.41) is 4.19. The average Bonchev–Trinajstić information content (AvgIpc) is 3.08. The molecule has 1 aliphatic heterocycles. The number of benzene rings is 1. The Balaban J connectivity index is 1.73. The molecule has 0 bridgehead atoms. The number of hydrogen-bond acceptors (Lipinski definition) is 5. The molecule has 0 radical (unpaired) electrons. The Morgan fingerprint density at radius 1 is 1.33 bits per heavy atom. The zero-order valence-corrected chi connectivity index (χ0v) is 11.5. The van der Waals surface area contributed by atoms with Gasteiger partial charge in [0.15, 0.2) is 0 Å². The lowest BCUT2D eigenvalue weighted by Gasteiger charge is -2.09. The summed E-state index contributed by atoms with van der Waals surface area (Å²) < 4.78 is 11.7. The summed E-state index contributed by atoms with van der Waals surface area (Å²) in [7, 11) is 0. The van der Waals surface area contributed by atoms with Crippen LogP contribution in [0.1, 0.15) is 22.5 Å². The smallest absolute Gasteiger partial charge is 0.347 e. The van der Waals surface area contributed by atoms with Crippen molar-refractivity contribution >= 4 is 11.9 Å². The van der Waals surface area contributed by atoms with Gasteiger partial charge in [-0.15, -0.1) is 0 Å². The van der Waals surface area contributed by atoms with Crippen molar-refractivity contribution < 1.29 is 19.1 Å². The molecule has 0 saturated carbocycles. The molecule has 0 amide bonds. The van der Waals surface area contributed by atoms with Crippen molar-refractivity contribution in [3.05, 3.63) is 47.8 Å². The molecule has 1 saturated heterocycles. The Labute approximate surface area is 121 Å². The van der Waals surface area contributed by atoms with Crippen molar-refractivity contribution in [3.63, 3.8) is 0 Å². The molecule has 21 heavy (non-hydrogen) atoms. The van der Waals surface area contributed by atoms with E-state index in [0.29, 0.717) is 18.6 Å². The van der Waals surface area contributed by atoms with E-state index in [2.05, 4.69) is 5.10 Å². The number of esters is 2. The summed E-state index contributed by atoms with van der Waals surface area (Å²) in [6.45, 7) is 2.25. The minimum Gasteiger partial charge on any atom is -0.463 e. The van der Waals surface area contributed by atoms with Crippen LogP contribution in [0.5, 0.6) is 0 Å². The van der Waals surface area contributed by atoms with Gasteiger partial charge in [0.1, 0.15) is 0 Å². The lowest BCUT2D eigenvalue weighted by molar-refractivity contribution is -0.145. The van der Waals surface area contributed by atoms with Crippen molar-refractivity contribution in [2.75, 3.05) is 6.61 Å². The Hall–Kier alpha value is -2.63. The molecule has 2 heterocycles. The summed E-state index contributed by atoms with van der Waals surface area (Å²) >= 11 is 0. The highest BCUT2D eigenvalue weighted by Gasteiger charge is 2.30. The quantitative estimate of drug-likeness (QED) is 0.802. The van der Waals surface area contributed by atoms with Crippen molar-refractivity contribution in [3.8, 4) is 5.69 Å². The van der Waals surface area contributed by atoms with Crippen molar-refractivity contribution in [2.24, 2.45) is 0 Å². The zero-order chi connectivity index (χ0) is 14.8. The number of cyclic esters (lactones) is 1.